The second-order valence-corrected chi connectivity index (χ2v) is 5.12. The fourth-order valence-electron chi connectivity index (χ4n) is 2.07. The Bertz CT molecular complexity index is 528. The number of nitrogens with zero attached hydrogens (tertiary/aromatic N) is 1. The molecule has 0 spiro atoms. The molecule has 1 aromatic carbocycles. The van der Waals surface area contributed by atoms with Crippen molar-refractivity contribution in [2.75, 3.05) is 18.0 Å². The van der Waals surface area contributed by atoms with Gasteiger partial charge < -0.3 is 10.0 Å². The average molecular weight is 314 g/mol. The zero-order valence-corrected chi connectivity index (χ0v) is 11.5. The van der Waals surface area contributed by atoms with Gasteiger partial charge in [-0.3, -0.25) is 0 Å². The summed E-state index contributed by atoms with van der Waals surface area (Å²) in [6.07, 6.45) is 3.01. The third-order valence-electron chi connectivity index (χ3n) is 2.97. The largest absolute Gasteiger partial charge is 0.478 e. The summed E-state index contributed by atoms with van der Waals surface area (Å²) in [6, 6.07) is 2.96. The number of rotatable bonds is 2. The molecule has 0 aromatic heterocycles. The van der Waals surface area contributed by atoms with Crippen molar-refractivity contribution in [2.24, 2.45) is 0 Å². The molecule has 1 heterocycles. The van der Waals surface area contributed by atoms with Gasteiger partial charge in [0.15, 0.2) is 5.82 Å². The van der Waals surface area contributed by atoms with E-state index in [1.54, 1.807) is 0 Å². The van der Waals surface area contributed by atoms with E-state index in [1.165, 1.54) is 17.7 Å². The van der Waals surface area contributed by atoms with Gasteiger partial charge in [-0.15, -0.1) is 0 Å². The summed E-state index contributed by atoms with van der Waals surface area (Å²) in [4.78, 5) is 12.8. The monoisotopic (exact) mass is 313 g/mol. The molecule has 0 saturated carbocycles. The number of halogens is 2. The van der Waals surface area contributed by atoms with E-state index >= 15 is 0 Å². The van der Waals surface area contributed by atoms with Crippen LogP contribution in [0.4, 0.5) is 10.1 Å². The van der Waals surface area contributed by atoms with E-state index in [9.17, 15) is 9.18 Å². The van der Waals surface area contributed by atoms with Crippen molar-refractivity contribution in [2.45, 2.75) is 13.3 Å². The normalized spacial score (nSPS) is 15.5. The molecule has 0 saturated heterocycles. The number of anilines is 1. The molecular weight excluding hydrogens is 301 g/mol. The predicted octanol–water partition coefficient (Wildman–Crippen LogP) is 3.44. The number of hydrogen-bond donors (Lipinski definition) is 1. The van der Waals surface area contributed by atoms with Crippen LogP contribution in [0.1, 0.15) is 23.7 Å². The van der Waals surface area contributed by atoms with E-state index in [-0.39, 0.29) is 10.0 Å². The summed E-state index contributed by atoms with van der Waals surface area (Å²) in [5.41, 5.74) is 1.58. The lowest BCUT2D eigenvalue weighted by atomic mass is 10.1. The van der Waals surface area contributed by atoms with Crippen LogP contribution in [0.2, 0.25) is 0 Å². The first kappa shape index (κ1) is 13.1. The molecule has 0 amide bonds. The SMILES string of the molecule is CC1=CCCN(c2ccc(C(=O)O)c(Br)c2F)C1. The molecule has 0 aliphatic carbocycles. The molecule has 0 radical (unpaired) electrons. The summed E-state index contributed by atoms with van der Waals surface area (Å²) in [6.45, 7) is 3.42. The third-order valence-corrected chi connectivity index (χ3v) is 3.74. The van der Waals surface area contributed by atoms with Crippen molar-refractivity contribution < 1.29 is 14.3 Å². The van der Waals surface area contributed by atoms with Crippen LogP contribution in [-0.4, -0.2) is 24.2 Å². The van der Waals surface area contributed by atoms with Crippen LogP contribution in [0.5, 0.6) is 0 Å². The lowest BCUT2D eigenvalue weighted by Crippen LogP contribution is -2.30. The van der Waals surface area contributed by atoms with Crippen LogP contribution in [0.25, 0.3) is 0 Å². The van der Waals surface area contributed by atoms with E-state index < -0.39 is 11.8 Å². The van der Waals surface area contributed by atoms with Crippen molar-refractivity contribution in [3.8, 4) is 0 Å². The highest BCUT2D eigenvalue weighted by Crippen LogP contribution is 2.31. The zero-order valence-electron chi connectivity index (χ0n) is 9.91. The topological polar surface area (TPSA) is 40.5 Å². The number of benzene rings is 1. The molecule has 96 valence electrons. The standard InChI is InChI=1S/C13H13BrFNO2/c1-8-3-2-6-16(7-8)10-5-4-9(13(17)18)11(14)12(10)15/h3-5H,2,6-7H2,1H3,(H,17,18). The minimum atomic E-state index is -1.14. The van der Waals surface area contributed by atoms with Crippen LogP contribution in [0.15, 0.2) is 28.3 Å². The molecule has 2 rings (SSSR count). The summed E-state index contributed by atoms with van der Waals surface area (Å²) in [5.74, 6) is -1.65. The number of carbonyl (C=O) groups is 1. The summed E-state index contributed by atoms with van der Waals surface area (Å²) in [7, 11) is 0. The Labute approximate surface area is 113 Å². The fourth-order valence-corrected chi connectivity index (χ4v) is 2.57. The Balaban J connectivity index is 2.38. The van der Waals surface area contributed by atoms with Crippen molar-refractivity contribution >= 4 is 27.6 Å². The van der Waals surface area contributed by atoms with Crippen molar-refractivity contribution in [1.29, 1.82) is 0 Å². The quantitative estimate of drug-likeness (QED) is 0.850. The summed E-state index contributed by atoms with van der Waals surface area (Å²) in [5, 5.41) is 8.91. The maximum absolute atomic E-state index is 14.2. The molecule has 0 atom stereocenters. The van der Waals surface area contributed by atoms with Gasteiger partial charge in [-0.1, -0.05) is 11.6 Å². The molecule has 0 bridgehead atoms. The highest BCUT2D eigenvalue weighted by atomic mass is 79.9. The molecule has 1 aromatic rings. The smallest absolute Gasteiger partial charge is 0.336 e. The van der Waals surface area contributed by atoms with Gasteiger partial charge in [0.2, 0.25) is 0 Å². The van der Waals surface area contributed by atoms with E-state index in [4.69, 9.17) is 5.11 Å². The molecule has 5 heteroatoms. The molecule has 1 aliphatic heterocycles. The van der Waals surface area contributed by atoms with Crippen LogP contribution in [-0.2, 0) is 0 Å². The summed E-state index contributed by atoms with van der Waals surface area (Å²) >= 11 is 3.02. The van der Waals surface area contributed by atoms with Crippen LogP contribution in [0, 0.1) is 5.82 Å². The highest BCUT2D eigenvalue weighted by Gasteiger charge is 2.20. The van der Waals surface area contributed by atoms with Gasteiger partial charge in [0.25, 0.3) is 0 Å². The highest BCUT2D eigenvalue weighted by molar-refractivity contribution is 9.10. The van der Waals surface area contributed by atoms with Crippen molar-refractivity contribution in [3.05, 3.63) is 39.6 Å². The van der Waals surface area contributed by atoms with Gasteiger partial charge >= 0.3 is 5.97 Å². The first-order chi connectivity index (χ1) is 8.50. The van der Waals surface area contributed by atoms with Gasteiger partial charge in [0, 0.05) is 13.1 Å². The van der Waals surface area contributed by atoms with E-state index in [1.807, 2.05) is 11.8 Å². The molecular formula is C13H13BrFNO2. The van der Waals surface area contributed by atoms with Crippen LogP contribution >= 0.6 is 15.9 Å². The first-order valence-corrected chi connectivity index (χ1v) is 6.42. The Morgan fingerprint density at radius 1 is 1.50 bits per heavy atom. The number of aromatic carboxylic acids is 1. The molecule has 0 fully saturated rings. The maximum Gasteiger partial charge on any atom is 0.336 e. The third kappa shape index (κ3) is 2.41. The van der Waals surface area contributed by atoms with Gasteiger partial charge in [-0.2, -0.15) is 0 Å². The molecule has 0 unspecified atom stereocenters. The second-order valence-electron chi connectivity index (χ2n) is 4.33. The molecule has 18 heavy (non-hydrogen) atoms. The molecule has 1 N–H and O–H groups in total. The number of carboxylic acids is 1. The van der Waals surface area contributed by atoms with E-state index in [0.717, 1.165) is 13.0 Å². The lowest BCUT2D eigenvalue weighted by molar-refractivity contribution is 0.0695. The van der Waals surface area contributed by atoms with E-state index in [2.05, 4.69) is 22.0 Å². The van der Waals surface area contributed by atoms with Gasteiger partial charge in [0.1, 0.15) is 0 Å². The molecule has 3 nitrogen and oxygen atoms in total. The summed E-state index contributed by atoms with van der Waals surface area (Å²) < 4.78 is 14.2. The van der Waals surface area contributed by atoms with Crippen molar-refractivity contribution in [1.82, 2.24) is 0 Å². The van der Waals surface area contributed by atoms with Crippen LogP contribution < -0.4 is 4.90 Å². The van der Waals surface area contributed by atoms with E-state index in [0.29, 0.717) is 12.2 Å². The maximum atomic E-state index is 14.2. The Kier molecular flexibility index (Phi) is 3.71. The van der Waals surface area contributed by atoms with Gasteiger partial charge in [0.05, 0.1) is 15.7 Å². The van der Waals surface area contributed by atoms with Gasteiger partial charge in [-0.25, -0.2) is 9.18 Å². The zero-order chi connectivity index (χ0) is 13.3. The minimum Gasteiger partial charge on any atom is -0.478 e. The first-order valence-electron chi connectivity index (χ1n) is 5.62. The Hall–Kier alpha value is -1.36. The predicted molar refractivity (Wildman–Crippen MR) is 71.6 cm³/mol. The Morgan fingerprint density at radius 3 is 2.83 bits per heavy atom. The number of hydrogen-bond acceptors (Lipinski definition) is 2. The van der Waals surface area contributed by atoms with Gasteiger partial charge in [-0.05, 0) is 41.4 Å². The van der Waals surface area contributed by atoms with Crippen molar-refractivity contribution in [3.63, 3.8) is 0 Å². The average Bonchev–Trinajstić information content (AvgIpc) is 2.32. The lowest BCUT2D eigenvalue weighted by Gasteiger charge is -2.29. The van der Waals surface area contributed by atoms with Crippen LogP contribution in [0.3, 0.4) is 0 Å². The fraction of sp³-hybridized carbons (Fsp3) is 0.308. The second kappa shape index (κ2) is 5.10. The number of carboxylic acid groups (broad SMARTS) is 1. The molecule has 1 aliphatic rings. The minimum absolute atomic E-state index is 0.0136. The Morgan fingerprint density at radius 2 is 2.22 bits per heavy atom.